The highest BCUT2D eigenvalue weighted by Crippen LogP contribution is 2.27. The van der Waals surface area contributed by atoms with Crippen LogP contribution in [-0.4, -0.2) is 35.3 Å². The van der Waals surface area contributed by atoms with Crippen molar-refractivity contribution in [3.63, 3.8) is 0 Å². The van der Waals surface area contributed by atoms with Gasteiger partial charge in [0.25, 0.3) is 0 Å². The molecule has 1 unspecified atom stereocenters. The molecule has 0 aromatic carbocycles. The van der Waals surface area contributed by atoms with Crippen molar-refractivity contribution in [1.29, 1.82) is 0 Å². The van der Waals surface area contributed by atoms with E-state index in [1.807, 2.05) is 0 Å². The average Bonchev–Trinajstić information content (AvgIpc) is 3.11. The molecule has 2 fully saturated rings. The maximum Gasteiger partial charge on any atom is 0.159 e. The molecule has 1 aliphatic heterocycles. The van der Waals surface area contributed by atoms with Crippen LogP contribution in [0.1, 0.15) is 50.3 Å². The topological polar surface area (TPSA) is 62.3 Å². The first kappa shape index (κ1) is 14.0. The third-order valence-electron chi connectivity index (χ3n) is 4.27. The van der Waals surface area contributed by atoms with Gasteiger partial charge < -0.3 is 15.2 Å². The lowest BCUT2D eigenvalue weighted by atomic mass is 9.96. The van der Waals surface area contributed by atoms with Crippen molar-refractivity contribution in [2.75, 3.05) is 13.2 Å². The van der Waals surface area contributed by atoms with Gasteiger partial charge in [0, 0.05) is 25.1 Å². The van der Waals surface area contributed by atoms with E-state index in [1.54, 1.807) is 0 Å². The van der Waals surface area contributed by atoms with Crippen molar-refractivity contribution in [2.45, 2.75) is 63.3 Å². The van der Waals surface area contributed by atoms with E-state index in [9.17, 15) is 0 Å². The lowest BCUT2D eigenvalue weighted by Crippen LogP contribution is -2.29. The summed E-state index contributed by atoms with van der Waals surface area (Å²) in [5.41, 5.74) is 7.25. The summed E-state index contributed by atoms with van der Waals surface area (Å²) in [6.07, 6.45) is 10.1. The highest BCUT2D eigenvalue weighted by atomic mass is 16.7. The third-order valence-corrected chi connectivity index (χ3v) is 4.27. The van der Waals surface area contributed by atoms with Crippen LogP contribution in [0, 0.1) is 0 Å². The van der Waals surface area contributed by atoms with E-state index in [2.05, 4.69) is 16.9 Å². The average molecular weight is 279 g/mol. The van der Waals surface area contributed by atoms with Crippen LogP contribution in [0.3, 0.4) is 0 Å². The molecule has 5 nitrogen and oxygen atoms in total. The van der Waals surface area contributed by atoms with Crippen LogP contribution in [0.5, 0.6) is 0 Å². The van der Waals surface area contributed by atoms with Gasteiger partial charge in [-0.1, -0.05) is 19.3 Å². The van der Waals surface area contributed by atoms with E-state index < -0.39 is 0 Å². The Morgan fingerprint density at radius 1 is 1.25 bits per heavy atom. The number of nitrogens with zero attached hydrogens (tertiary/aromatic N) is 2. The number of aromatic nitrogens is 2. The molecule has 1 saturated carbocycles. The minimum Gasteiger partial charge on any atom is -0.350 e. The first-order valence-corrected chi connectivity index (χ1v) is 7.84. The predicted molar refractivity (Wildman–Crippen MR) is 76.3 cm³/mol. The quantitative estimate of drug-likeness (QED) is 0.895. The summed E-state index contributed by atoms with van der Waals surface area (Å²) in [5, 5.41) is 4.70. The summed E-state index contributed by atoms with van der Waals surface area (Å²) >= 11 is 0. The Labute approximate surface area is 120 Å². The Hall–Kier alpha value is -0.910. The zero-order valence-corrected chi connectivity index (χ0v) is 12.0. The van der Waals surface area contributed by atoms with Gasteiger partial charge in [-0.3, -0.25) is 4.68 Å². The minimum atomic E-state index is -0.120. The standard InChI is InChI=1S/C15H25N3O2/c16-12(11-15-19-8-9-20-15)10-13-6-7-18(17-13)14-4-2-1-3-5-14/h6-7,12,14-15H,1-5,8-11,16H2. The van der Waals surface area contributed by atoms with Gasteiger partial charge in [-0.2, -0.15) is 5.10 Å². The molecule has 1 atom stereocenters. The molecule has 3 rings (SSSR count). The molecule has 0 spiro atoms. The number of hydrogen-bond donors (Lipinski definition) is 1. The fraction of sp³-hybridized carbons (Fsp3) is 0.800. The first-order valence-electron chi connectivity index (χ1n) is 7.84. The lowest BCUT2D eigenvalue weighted by molar-refractivity contribution is -0.0505. The molecule has 0 bridgehead atoms. The van der Waals surface area contributed by atoms with Crippen molar-refractivity contribution in [1.82, 2.24) is 9.78 Å². The number of rotatable bonds is 5. The molecule has 1 aliphatic carbocycles. The Kier molecular flexibility index (Phi) is 4.70. The van der Waals surface area contributed by atoms with E-state index >= 15 is 0 Å². The van der Waals surface area contributed by atoms with Gasteiger partial charge in [0.05, 0.1) is 24.9 Å². The largest absolute Gasteiger partial charge is 0.350 e. The van der Waals surface area contributed by atoms with E-state index in [4.69, 9.17) is 20.3 Å². The van der Waals surface area contributed by atoms with Gasteiger partial charge in [-0.05, 0) is 18.9 Å². The molecule has 2 N–H and O–H groups in total. The molecule has 5 heteroatoms. The van der Waals surface area contributed by atoms with Crippen molar-refractivity contribution in [3.05, 3.63) is 18.0 Å². The molecule has 1 saturated heterocycles. The zero-order valence-electron chi connectivity index (χ0n) is 12.0. The molecule has 2 heterocycles. The van der Waals surface area contributed by atoms with Crippen molar-refractivity contribution in [3.8, 4) is 0 Å². The molecule has 1 aromatic rings. The van der Waals surface area contributed by atoms with Crippen molar-refractivity contribution in [2.24, 2.45) is 5.73 Å². The Balaban J connectivity index is 1.50. The highest BCUT2D eigenvalue weighted by molar-refractivity contribution is 5.02. The second kappa shape index (κ2) is 6.70. The summed E-state index contributed by atoms with van der Waals surface area (Å²) in [5.74, 6) is 0. The first-order chi connectivity index (χ1) is 9.81. The number of nitrogens with two attached hydrogens (primary N) is 1. The van der Waals surface area contributed by atoms with Gasteiger partial charge in [0.2, 0.25) is 0 Å². The SMILES string of the molecule is NC(Cc1ccn(C2CCCCC2)n1)CC1OCCO1. The fourth-order valence-corrected chi connectivity index (χ4v) is 3.18. The highest BCUT2D eigenvalue weighted by Gasteiger charge is 2.21. The zero-order chi connectivity index (χ0) is 13.8. The monoisotopic (exact) mass is 279 g/mol. The van der Waals surface area contributed by atoms with Crippen LogP contribution in [-0.2, 0) is 15.9 Å². The van der Waals surface area contributed by atoms with Crippen LogP contribution < -0.4 is 5.73 Å². The summed E-state index contributed by atoms with van der Waals surface area (Å²) < 4.78 is 13.0. The second-order valence-electron chi connectivity index (χ2n) is 5.95. The summed E-state index contributed by atoms with van der Waals surface area (Å²) in [6, 6.07) is 2.74. The maximum absolute atomic E-state index is 6.16. The molecule has 2 aliphatic rings. The lowest BCUT2D eigenvalue weighted by Gasteiger charge is -2.21. The van der Waals surface area contributed by atoms with Crippen molar-refractivity contribution >= 4 is 0 Å². The van der Waals surface area contributed by atoms with E-state index in [0.717, 1.165) is 18.5 Å². The number of hydrogen-bond acceptors (Lipinski definition) is 4. The molecule has 0 radical (unpaired) electrons. The van der Waals surface area contributed by atoms with Crippen LogP contribution in [0.15, 0.2) is 12.3 Å². The molecule has 1 aromatic heterocycles. The maximum atomic E-state index is 6.16. The molecular formula is C15H25N3O2. The smallest absolute Gasteiger partial charge is 0.159 e. The summed E-state index contributed by atoms with van der Waals surface area (Å²) in [6.45, 7) is 1.38. The van der Waals surface area contributed by atoms with E-state index in [1.165, 1.54) is 32.1 Å². The van der Waals surface area contributed by atoms with Crippen LogP contribution in [0.25, 0.3) is 0 Å². The van der Waals surface area contributed by atoms with E-state index in [0.29, 0.717) is 19.3 Å². The normalized spacial score (nSPS) is 23.2. The molecule has 20 heavy (non-hydrogen) atoms. The van der Waals surface area contributed by atoms with Crippen molar-refractivity contribution < 1.29 is 9.47 Å². The van der Waals surface area contributed by atoms with Gasteiger partial charge in [-0.15, -0.1) is 0 Å². The van der Waals surface area contributed by atoms with Crippen LogP contribution >= 0.6 is 0 Å². The van der Waals surface area contributed by atoms with E-state index in [-0.39, 0.29) is 12.3 Å². The Bertz CT molecular complexity index is 409. The minimum absolute atomic E-state index is 0.0489. The third kappa shape index (κ3) is 3.59. The predicted octanol–water partition coefficient (Wildman–Crippen LogP) is 2.02. The fourth-order valence-electron chi connectivity index (χ4n) is 3.18. The van der Waals surface area contributed by atoms with Gasteiger partial charge in [-0.25, -0.2) is 0 Å². The summed E-state index contributed by atoms with van der Waals surface area (Å²) in [7, 11) is 0. The van der Waals surface area contributed by atoms with Crippen LogP contribution in [0.4, 0.5) is 0 Å². The second-order valence-corrected chi connectivity index (χ2v) is 5.95. The molecule has 112 valence electrons. The number of ether oxygens (including phenoxy) is 2. The van der Waals surface area contributed by atoms with Crippen LogP contribution in [0.2, 0.25) is 0 Å². The molecule has 0 amide bonds. The summed E-state index contributed by atoms with van der Waals surface area (Å²) in [4.78, 5) is 0. The molecular weight excluding hydrogens is 254 g/mol. The van der Waals surface area contributed by atoms with Gasteiger partial charge >= 0.3 is 0 Å². The Morgan fingerprint density at radius 2 is 2.00 bits per heavy atom. The van der Waals surface area contributed by atoms with Gasteiger partial charge in [0.15, 0.2) is 6.29 Å². The van der Waals surface area contributed by atoms with Gasteiger partial charge in [0.1, 0.15) is 0 Å². The Morgan fingerprint density at radius 3 is 2.75 bits per heavy atom.